The number of amides is 1. The van der Waals surface area contributed by atoms with Crippen LogP contribution in [-0.4, -0.2) is 37.2 Å². The zero-order valence-electron chi connectivity index (χ0n) is 13.3. The van der Waals surface area contributed by atoms with E-state index < -0.39 is 18.2 Å². The molecule has 0 heterocycles. The van der Waals surface area contributed by atoms with Crippen LogP contribution in [0.25, 0.3) is 0 Å². The molecule has 0 saturated carbocycles. The fourth-order valence-corrected chi connectivity index (χ4v) is 1.89. The van der Waals surface area contributed by atoms with Crippen molar-refractivity contribution in [3.63, 3.8) is 0 Å². The number of carbonyl (C=O) groups is 2. The van der Waals surface area contributed by atoms with Crippen LogP contribution in [0.1, 0.15) is 20.8 Å². The quantitative estimate of drug-likeness (QED) is 0.547. The Hall–Kier alpha value is -2.14. The Bertz CT molecular complexity index is 501. The van der Waals surface area contributed by atoms with Crippen molar-refractivity contribution < 1.29 is 19.1 Å². The maximum atomic E-state index is 12.4. The molecule has 5 heteroatoms. The average Bonchev–Trinajstić information content (AvgIpc) is 2.53. The minimum Gasteiger partial charge on any atom is -0.451 e. The lowest BCUT2D eigenvalue weighted by atomic mass is 10.2. The van der Waals surface area contributed by atoms with Crippen molar-refractivity contribution in [2.75, 3.05) is 18.1 Å². The maximum absolute atomic E-state index is 12.4. The molecule has 1 amide bonds. The number of hydrogen-bond acceptors (Lipinski definition) is 4. The molecule has 0 aromatic heterocycles. The van der Waals surface area contributed by atoms with Crippen LogP contribution in [-0.2, 0) is 19.1 Å². The van der Waals surface area contributed by atoms with Gasteiger partial charge in [-0.3, -0.25) is 4.79 Å². The molecule has 0 spiro atoms. The van der Waals surface area contributed by atoms with E-state index in [0.29, 0.717) is 6.54 Å². The van der Waals surface area contributed by atoms with Crippen molar-refractivity contribution in [1.82, 2.24) is 0 Å². The molecule has 0 saturated heterocycles. The van der Waals surface area contributed by atoms with Crippen molar-refractivity contribution in [2.24, 2.45) is 0 Å². The number of carbonyl (C=O) groups excluding carboxylic acids is 2. The first-order chi connectivity index (χ1) is 10.5. The third kappa shape index (κ3) is 5.00. The molecule has 1 aromatic rings. The van der Waals surface area contributed by atoms with Gasteiger partial charge in [0.1, 0.15) is 0 Å². The zero-order valence-corrected chi connectivity index (χ0v) is 13.3. The van der Waals surface area contributed by atoms with E-state index in [1.807, 2.05) is 37.3 Å². The number of anilines is 1. The van der Waals surface area contributed by atoms with Crippen LogP contribution >= 0.6 is 0 Å². The molecule has 0 N–H and O–H groups in total. The minimum absolute atomic E-state index is 0.254. The van der Waals surface area contributed by atoms with Crippen LogP contribution in [0.2, 0.25) is 0 Å². The number of ether oxygens (including phenoxy) is 2. The molecule has 2 atom stereocenters. The summed E-state index contributed by atoms with van der Waals surface area (Å²) in [5.74, 6) is -0.829. The number of nitrogens with zero attached hydrogens (tertiary/aromatic N) is 1. The lowest BCUT2D eigenvalue weighted by Crippen LogP contribution is -2.41. The number of para-hydroxylation sites is 1. The Kier molecular flexibility index (Phi) is 7.32. The molecule has 1 rings (SSSR count). The van der Waals surface area contributed by atoms with Gasteiger partial charge in [0.25, 0.3) is 5.91 Å². The van der Waals surface area contributed by atoms with E-state index in [-0.39, 0.29) is 12.5 Å². The molecular weight excluding hydrogens is 282 g/mol. The summed E-state index contributed by atoms with van der Waals surface area (Å²) in [4.78, 5) is 25.9. The Balaban J connectivity index is 2.67. The van der Waals surface area contributed by atoms with Gasteiger partial charge in [-0.05, 0) is 32.9 Å². The lowest BCUT2D eigenvalue weighted by Gasteiger charge is -2.25. The summed E-state index contributed by atoms with van der Waals surface area (Å²) in [5.41, 5.74) is 0.772. The molecule has 120 valence electrons. The van der Waals surface area contributed by atoms with E-state index in [1.165, 1.54) is 0 Å². The second-order valence-electron chi connectivity index (χ2n) is 4.76. The fourth-order valence-electron chi connectivity index (χ4n) is 1.89. The number of rotatable bonds is 8. The highest BCUT2D eigenvalue weighted by atomic mass is 16.6. The van der Waals surface area contributed by atoms with Crippen molar-refractivity contribution >= 4 is 17.6 Å². The Labute approximate surface area is 131 Å². The SMILES string of the molecule is C=CCOC(C)C(=O)OC(C)C(=O)N(CC)c1ccccc1. The van der Waals surface area contributed by atoms with Crippen LogP contribution in [0.5, 0.6) is 0 Å². The predicted octanol–water partition coefficient (Wildman–Crippen LogP) is 2.56. The van der Waals surface area contributed by atoms with Crippen LogP contribution in [0, 0.1) is 0 Å². The topological polar surface area (TPSA) is 55.8 Å². The van der Waals surface area contributed by atoms with Crippen molar-refractivity contribution in [1.29, 1.82) is 0 Å². The van der Waals surface area contributed by atoms with Crippen LogP contribution in [0.4, 0.5) is 5.69 Å². The minimum atomic E-state index is -0.873. The zero-order chi connectivity index (χ0) is 16.5. The lowest BCUT2D eigenvalue weighted by molar-refractivity contribution is -0.163. The summed E-state index contributed by atoms with van der Waals surface area (Å²) in [7, 11) is 0. The van der Waals surface area contributed by atoms with E-state index in [9.17, 15) is 9.59 Å². The van der Waals surface area contributed by atoms with E-state index in [4.69, 9.17) is 9.47 Å². The number of hydrogen-bond donors (Lipinski definition) is 0. The molecule has 0 aliphatic carbocycles. The summed E-state index contributed by atoms with van der Waals surface area (Å²) in [6, 6.07) is 9.27. The van der Waals surface area contributed by atoms with Crippen molar-refractivity contribution in [3.8, 4) is 0 Å². The molecule has 0 bridgehead atoms. The number of benzene rings is 1. The van der Waals surface area contributed by atoms with Gasteiger partial charge in [-0.25, -0.2) is 4.79 Å². The largest absolute Gasteiger partial charge is 0.451 e. The first-order valence-electron chi connectivity index (χ1n) is 7.30. The molecule has 0 aliphatic heterocycles. The Morgan fingerprint density at radius 1 is 1.23 bits per heavy atom. The summed E-state index contributed by atoms with van der Waals surface area (Å²) < 4.78 is 10.4. The van der Waals surface area contributed by atoms with Gasteiger partial charge in [0.05, 0.1) is 6.61 Å². The highest BCUT2D eigenvalue weighted by Gasteiger charge is 2.26. The monoisotopic (exact) mass is 305 g/mol. The van der Waals surface area contributed by atoms with Crippen molar-refractivity contribution in [3.05, 3.63) is 43.0 Å². The number of esters is 1. The van der Waals surface area contributed by atoms with Crippen LogP contribution < -0.4 is 4.90 Å². The average molecular weight is 305 g/mol. The highest BCUT2D eigenvalue weighted by molar-refractivity contribution is 5.97. The molecule has 22 heavy (non-hydrogen) atoms. The van der Waals surface area contributed by atoms with Gasteiger partial charge in [0.2, 0.25) is 0 Å². The molecular formula is C17H23NO4. The number of likely N-dealkylation sites (N-methyl/N-ethyl adjacent to an activating group) is 1. The summed E-state index contributed by atoms with van der Waals surface area (Å²) in [5, 5.41) is 0. The summed E-state index contributed by atoms with van der Waals surface area (Å²) in [6.07, 6.45) is -0.0606. The standard InChI is InChI=1S/C17H23NO4/c1-5-12-21-14(4)17(20)22-13(3)16(19)18(6-2)15-10-8-7-9-11-15/h5,7-11,13-14H,1,6,12H2,2-4H3. The van der Waals surface area contributed by atoms with Gasteiger partial charge >= 0.3 is 5.97 Å². The Morgan fingerprint density at radius 2 is 1.86 bits per heavy atom. The first kappa shape index (κ1) is 17.9. The normalized spacial score (nSPS) is 13.0. The predicted molar refractivity (Wildman–Crippen MR) is 85.6 cm³/mol. The molecule has 0 radical (unpaired) electrons. The smallest absolute Gasteiger partial charge is 0.335 e. The third-order valence-electron chi connectivity index (χ3n) is 3.09. The Morgan fingerprint density at radius 3 is 2.41 bits per heavy atom. The molecule has 0 fully saturated rings. The van der Waals surface area contributed by atoms with Crippen LogP contribution in [0.3, 0.4) is 0 Å². The maximum Gasteiger partial charge on any atom is 0.335 e. The second kappa shape index (κ2) is 9.00. The van der Waals surface area contributed by atoms with Gasteiger partial charge in [-0.1, -0.05) is 24.3 Å². The van der Waals surface area contributed by atoms with Crippen molar-refractivity contribution in [2.45, 2.75) is 33.0 Å². The fraction of sp³-hybridized carbons (Fsp3) is 0.412. The molecule has 5 nitrogen and oxygen atoms in total. The molecule has 2 unspecified atom stereocenters. The van der Waals surface area contributed by atoms with E-state index >= 15 is 0 Å². The van der Waals surface area contributed by atoms with Gasteiger partial charge in [-0.2, -0.15) is 0 Å². The van der Waals surface area contributed by atoms with Gasteiger partial charge in [0, 0.05) is 12.2 Å². The second-order valence-corrected chi connectivity index (χ2v) is 4.76. The third-order valence-corrected chi connectivity index (χ3v) is 3.09. The molecule has 0 aliphatic rings. The van der Waals surface area contributed by atoms with Gasteiger partial charge in [0.15, 0.2) is 12.2 Å². The molecule has 1 aromatic carbocycles. The van der Waals surface area contributed by atoms with E-state index in [0.717, 1.165) is 5.69 Å². The summed E-state index contributed by atoms with van der Waals surface area (Å²) in [6.45, 7) is 9.27. The summed E-state index contributed by atoms with van der Waals surface area (Å²) >= 11 is 0. The first-order valence-corrected chi connectivity index (χ1v) is 7.30. The van der Waals surface area contributed by atoms with E-state index in [2.05, 4.69) is 6.58 Å². The highest BCUT2D eigenvalue weighted by Crippen LogP contribution is 2.15. The van der Waals surface area contributed by atoms with Gasteiger partial charge in [-0.15, -0.1) is 6.58 Å². The van der Waals surface area contributed by atoms with E-state index in [1.54, 1.807) is 24.8 Å². The van der Waals surface area contributed by atoms with Crippen LogP contribution in [0.15, 0.2) is 43.0 Å². The van der Waals surface area contributed by atoms with Gasteiger partial charge < -0.3 is 14.4 Å².